The van der Waals surface area contributed by atoms with Gasteiger partial charge in [-0.15, -0.1) is 0 Å². The SMILES string of the molecule is COC1CCC(Nc2cc(F)c(Cl)cc2[N+](=O)[O-])C1. The number of anilines is 1. The summed E-state index contributed by atoms with van der Waals surface area (Å²) in [7, 11) is 1.64. The van der Waals surface area contributed by atoms with Crippen molar-refractivity contribution >= 4 is 23.0 Å². The number of hydrogen-bond acceptors (Lipinski definition) is 4. The van der Waals surface area contributed by atoms with Gasteiger partial charge in [-0.3, -0.25) is 10.1 Å². The lowest BCUT2D eigenvalue weighted by Gasteiger charge is -2.14. The maximum Gasteiger partial charge on any atom is 0.294 e. The highest BCUT2D eigenvalue weighted by atomic mass is 35.5. The van der Waals surface area contributed by atoms with Gasteiger partial charge < -0.3 is 10.1 Å². The van der Waals surface area contributed by atoms with Crippen LogP contribution in [0.5, 0.6) is 0 Å². The van der Waals surface area contributed by atoms with Gasteiger partial charge in [0.25, 0.3) is 5.69 Å². The number of nitrogens with one attached hydrogen (secondary N) is 1. The van der Waals surface area contributed by atoms with Gasteiger partial charge in [-0.25, -0.2) is 4.39 Å². The van der Waals surface area contributed by atoms with Gasteiger partial charge in [-0.2, -0.15) is 0 Å². The van der Waals surface area contributed by atoms with Gasteiger partial charge >= 0.3 is 0 Å². The van der Waals surface area contributed by atoms with Crippen LogP contribution in [0.15, 0.2) is 12.1 Å². The number of benzene rings is 1. The molecule has 1 saturated carbocycles. The van der Waals surface area contributed by atoms with Crippen molar-refractivity contribution in [3.63, 3.8) is 0 Å². The third-order valence-electron chi connectivity index (χ3n) is 3.31. The molecule has 0 radical (unpaired) electrons. The fraction of sp³-hybridized carbons (Fsp3) is 0.500. The van der Waals surface area contributed by atoms with Crippen LogP contribution in [0.3, 0.4) is 0 Å². The molecule has 5 nitrogen and oxygen atoms in total. The Bertz CT molecular complexity index is 498. The van der Waals surface area contributed by atoms with Crippen molar-refractivity contribution in [3.8, 4) is 0 Å². The summed E-state index contributed by atoms with van der Waals surface area (Å²) in [5, 5.41) is 13.7. The Morgan fingerprint density at radius 3 is 2.84 bits per heavy atom. The molecule has 1 N–H and O–H groups in total. The third-order valence-corrected chi connectivity index (χ3v) is 3.60. The maximum atomic E-state index is 13.4. The minimum atomic E-state index is -0.670. The van der Waals surface area contributed by atoms with E-state index in [0.717, 1.165) is 31.4 Å². The number of methoxy groups -OCH3 is 1. The van der Waals surface area contributed by atoms with E-state index in [-0.39, 0.29) is 28.5 Å². The van der Waals surface area contributed by atoms with Crippen LogP contribution in [0, 0.1) is 15.9 Å². The molecule has 0 amide bonds. The summed E-state index contributed by atoms with van der Waals surface area (Å²) >= 11 is 5.56. The first-order chi connectivity index (χ1) is 9.01. The molecule has 1 fully saturated rings. The number of ether oxygens (including phenoxy) is 1. The quantitative estimate of drug-likeness (QED) is 0.681. The lowest BCUT2D eigenvalue weighted by molar-refractivity contribution is -0.384. The van der Waals surface area contributed by atoms with Crippen LogP contribution >= 0.6 is 11.6 Å². The molecule has 0 heterocycles. The van der Waals surface area contributed by atoms with Gasteiger partial charge in [0.05, 0.1) is 16.0 Å². The standard InChI is InChI=1S/C12H14ClFN2O3/c1-19-8-3-2-7(4-8)15-11-6-10(14)9(13)5-12(11)16(17)18/h5-8,15H,2-4H2,1H3. The van der Waals surface area contributed by atoms with Gasteiger partial charge in [0.1, 0.15) is 11.5 Å². The highest BCUT2D eigenvalue weighted by Crippen LogP contribution is 2.33. The van der Waals surface area contributed by atoms with Crippen molar-refractivity contribution in [2.75, 3.05) is 12.4 Å². The molecule has 1 aromatic carbocycles. The largest absolute Gasteiger partial charge is 0.381 e. The highest BCUT2D eigenvalue weighted by molar-refractivity contribution is 6.31. The number of halogens is 2. The van der Waals surface area contributed by atoms with Crippen LogP contribution in [0.4, 0.5) is 15.8 Å². The monoisotopic (exact) mass is 288 g/mol. The second-order valence-electron chi connectivity index (χ2n) is 4.55. The van der Waals surface area contributed by atoms with Gasteiger partial charge in [0, 0.05) is 25.3 Å². The molecule has 2 atom stereocenters. The zero-order valence-electron chi connectivity index (χ0n) is 10.4. The predicted octanol–water partition coefficient (Wildman–Crippen LogP) is 3.37. The number of nitro groups is 1. The van der Waals surface area contributed by atoms with Crippen molar-refractivity contribution in [2.45, 2.75) is 31.4 Å². The van der Waals surface area contributed by atoms with E-state index in [0.29, 0.717) is 0 Å². The van der Waals surface area contributed by atoms with Gasteiger partial charge in [-0.05, 0) is 19.3 Å². The van der Waals surface area contributed by atoms with Crippen molar-refractivity contribution in [1.82, 2.24) is 0 Å². The number of nitrogens with zero attached hydrogens (tertiary/aromatic N) is 1. The van der Waals surface area contributed by atoms with E-state index in [2.05, 4.69) is 5.32 Å². The smallest absolute Gasteiger partial charge is 0.294 e. The minimum absolute atomic E-state index is 0.0456. The molecule has 1 aliphatic carbocycles. The molecule has 104 valence electrons. The molecule has 1 aromatic rings. The van der Waals surface area contributed by atoms with Crippen molar-refractivity contribution in [2.24, 2.45) is 0 Å². The molecule has 2 unspecified atom stereocenters. The molecule has 19 heavy (non-hydrogen) atoms. The summed E-state index contributed by atoms with van der Waals surface area (Å²) in [6.07, 6.45) is 2.62. The topological polar surface area (TPSA) is 64.4 Å². The fourth-order valence-corrected chi connectivity index (χ4v) is 2.47. The van der Waals surface area contributed by atoms with Crippen molar-refractivity contribution in [3.05, 3.63) is 33.1 Å². The molecular formula is C12H14ClFN2O3. The van der Waals surface area contributed by atoms with Gasteiger partial charge in [0.15, 0.2) is 0 Å². The lowest BCUT2D eigenvalue weighted by Crippen LogP contribution is -2.18. The lowest BCUT2D eigenvalue weighted by atomic mass is 10.2. The predicted molar refractivity (Wildman–Crippen MR) is 70.1 cm³/mol. The molecule has 1 aliphatic rings. The van der Waals surface area contributed by atoms with Crippen LogP contribution < -0.4 is 5.32 Å². The Kier molecular flexibility index (Phi) is 4.21. The van der Waals surface area contributed by atoms with Crippen LogP contribution in [-0.4, -0.2) is 24.2 Å². The molecule has 7 heteroatoms. The first-order valence-corrected chi connectivity index (χ1v) is 6.32. The van der Waals surface area contributed by atoms with Crippen LogP contribution in [0.2, 0.25) is 5.02 Å². The van der Waals surface area contributed by atoms with Crippen molar-refractivity contribution < 1.29 is 14.1 Å². The Hall–Kier alpha value is -1.40. The molecular weight excluding hydrogens is 275 g/mol. The number of rotatable bonds is 4. The van der Waals surface area contributed by atoms with E-state index in [1.807, 2.05) is 0 Å². The molecule has 0 bridgehead atoms. The first-order valence-electron chi connectivity index (χ1n) is 5.94. The molecule has 2 rings (SSSR count). The van der Waals surface area contributed by atoms with E-state index in [1.165, 1.54) is 0 Å². The average molecular weight is 289 g/mol. The zero-order valence-corrected chi connectivity index (χ0v) is 11.1. The first kappa shape index (κ1) is 14.0. The van der Waals surface area contributed by atoms with E-state index >= 15 is 0 Å². The second kappa shape index (κ2) is 5.71. The molecule has 0 aromatic heterocycles. The number of hydrogen-bond donors (Lipinski definition) is 1. The normalized spacial score (nSPS) is 22.5. The highest BCUT2D eigenvalue weighted by Gasteiger charge is 2.27. The van der Waals surface area contributed by atoms with E-state index in [1.54, 1.807) is 7.11 Å². The summed E-state index contributed by atoms with van der Waals surface area (Å²) in [5.41, 5.74) is -0.0547. The Morgan fingerprint density at radius 1 is 1.53 bits per heavy atom. The Balaban J connectivity index is 2.20. The van der Waals surface area contributed by atoms with Gasteiger partial charge in [-0.1, -0.05) is 11.6 Å². The molecule has 0 saturated heterocycles. The van der Waals surface area contributed by atoms with Crippen molar-refractivity contribution in [1.29, 1.82) is 0 Å². The second-order valence-corrected chi connectivity index (χ2v) is 4.96. The summed E-state index contributed by atoms with van der Waals surface area (Å²) in [6, 6.07) is 2.15. The Morgan fingerprint density at radius 2 is 2.26 bits per heavy atom. The maximum absolute atomic E-state index is 13.4. The van der Waals surface area contributed by atoms with Gasteiger partial charge in [0.2, 0.25) is 0 Å². The van der Waals surface area contributed by atoms with E-state index in [9.17, 15) is 14.5 Å². The summed E-state index contributed by atoms with van der Waals surface area (Å²) in [5.74, 6) is -0.670. The summed E-state index contributed by atoms with van der Waals surface area (Å²) in [6.45, 7) is 0. The Labute approximate surface area is 114 Å². The van der Waals surface area contributed by atoms with Crippen LogP contribution in [0.1, 0.15) is 19.3 Å². The number of nitro benzene ring substituents is 1. The molecule has 0 aliphatic heterocycles. The summed E-state index contributed by atoms with van der Waals surface area (Å²) < 4.78 is 18.7. The minimum Gasteiger partial charge on any atom is -0.381 e. The average Bonchev–Trinajstić information content (AvgIpc) is 2.81. The van der Waals surface area contributed by atoms with E-state index < -0.39 is 10.7 Å². The van der Waals surface area contributed by atoms with Crippen LogP contribution in [0.25, 0.3) is 0 Å². The van der Waals surface area contributed by atoms with Crippen LogP contribution in [-0.2, 0) is 4.74 Å². The van der Waals surface area contributed by atoms with E-state index in [4.69, 9.17) is 16.3 Å². The fourth-order valence-electron chi connectivity index (χ4n) is 2.31. The summed E-state index contributed by atoms with van der Waals surface area (Å²) in [4.78, 5) is 10.4. The molecule has 0 spiro atoms. The zero-order chi connectivity index (χ0) is 14.0. The third kappa shape index (κ3) is 3.13.